The molecule has 1 aliphatic rings. The van der Waals surface area contributed by atoms with Gasteiger partial charge in [0.2, 0.25) is 0 Å². The quantitative estimate of drug-likeness (QED) is 0.821. The minimum absolute atomic E-state index is 0.150. The third kappa shape index (κ3) is 2.87. The number of aromatic nitrogens is 1. The van der Waals surface area contributed by atoms with E-state index in [2.05, 4.69) is 4.98 Å². The lowest BCUT2D eigenvalue weighted by Gasteiger charge is -2.32. The number of rotatable bonds is 3. The van der Waals surface area contributed by atoms with Gasteiger partial charge in [0.25, 0.3) is 0 Å². The van der Waals surface area contributed by atoms with E-state index < -0.39 is 18.3 Å². The Kier molecular flexibility index (Phi) is 3.91. The largest absolute Gasteiger partial charge is 0.492 e. The van der Waals surface area contributed by atoms with Crippen molar-refractivity contribution in [3.8, 4) is 0 Å². The molecule has 1 aromatic heterocycles. The molecule has 0 amide bonds. The first-order valence-electron chi connectivity index (χ1n) is 6.64. The van der Waals surface area contributed by atoms with Crippen molar-refractivity contribution in [2.75, 3.05) is 12.3 Å². The van der Waals surface area contributed by atoms with Crippen LogP contribution in [0.4, 0.5) is 5.69 Å². The third-order valence-electron chi connectivity index (χ3n) is 3.88. The van der Waals surface area contributed by atoms with E-state index >= 15 is 0 Å². The van der Waals surface area contributed by atoms with Gasteiger partial charge in [-0.2, -0.15) is 0 Å². The zero-order chi connectivity index (χ0) is 15.0. The smallest absolute Gasteiger partial charge is 0.400 e. The predicted octanol–water partition coefficient (Wildman–Crippen LogP) is 1.67. The van der Waals surface area contributed by atoms with Crippen LogP contribution in [0.15, 0.2) is 23.8 Å². The molecule has 0 radical (unpaired) electrons. The monoisotopic (exact) mass is 276 g/mol. The maximum absolute atomic E-state index is 9.56. The Morgan fingerprint density at radius 2 is 1.90 bits per heavy atom. The van der Waals surface area contributed by atoms with Gasteiger partial charge in [-0.15, -0.1) is 0 Å². The number of aliphatic hydroxyl groups excluding tert-OH is 1. The molecule has 2 rings (SSSR count). The standard InChI is InChI=1S/C14H21BN2O3/c1-13(2)14(3,4)20-15(19-13)10(9-18)7-12-6-5-11(16)8-17-12/h5-8,18H,9,16H2,1-4H3. The van der Waals surface area contributed by atoms with Crippen LogP contribution in [0.25, 0.3) is 6.08 Å². The molecule has 1 saturated heterocycles. The zero-order valence-electron chi connectivity index (χ0n) is 12.4. The molecule has 3 N–H and O–H groups in total. The van der Waals surface area contributed by atoms with Crippen LogP contribution < -0.4 is 5.73 Å². The van der Waals surface area contributed by atoms with Crippen LogP contribution in [-0.2, 0) is 9.31 Å². The molecule has 0 bridgehead atoms. The summed E-state index contributed by atoms with van der Waals surface area (Å²) in [4.78, 5) is 4.19. The lowest BCUT2D eigenvalue weighted by atomic mass is 9.78. The molecule has 1 aliphatic heterocycles. The van der Waals surface area contributed by atoms with Gasteiger partial charge in [0, 0.05) is 0 Å². The van der Waals surface area contributed by atoms with E-state index in [4.69, 9.17) is 15.0 Å². The van der Waals surface area contributed by atoms with Gasteiger partial charge in [0.1, 0.15) is 0 Å². The number of nitrogen functional groups attached to an aromatic ring is 1. The minimum Gasteiger partial charge on any atom is -0.400 e. The second kappa shape index (κ2) is 5.20. The molecule has 1 fully saturated rings. The predicted molar refractivity (Wildman–Crippen MR) is 79.8 cm³/mol. The van der Waals surface area contributed by atoms with Crippen LogP contribution in [0.1, 0.15) is 33.4 Å². The molecule has 20 heavy (non-hydrogen) atoms. The number of aliphatic hydroxyl groups is 1. The normalized spacial score (nSPS) is 21.2. The van der Waals surface area contributed by atoms with E-state index in [1.165, 1.54) is 0 Å². The highest BCUT2D eigenvalue weighted by molar-refractivity contribution is 6.55. The number of hydrogen-bond acceptors (Lipinski definition) is 5. The van der Waals surface area contributed by atoms with Crippen molar-refractivity contribution in [1.82, 2.24) is 4.98 Å². The molecule has 2 heterocycles. The maximum Gasteiger partial charge on any atom is 0.492 e. The van der Waals surface area contributed by atoms with Gasteiger partial charge in [-0.3, -0.25) is 4.98 Å². The van der Waals surface area contributed by atoms with E-state index in [1.807, 2.05) is 27.7 Å². The van der Waals surface area contributed by atoms with E-state index in [9.17, 15) is 5.11 Å². The summed E-state index contributed by atoms with van der Waals surface area (Å²) in [5.74, 6) is 0. The van der Waals surface area contributed by atoms with Crippen molar-refractivity contribution in [2.45, 2.75) is 38.9 Å². The highest BCUT2D eigenvalue weighted by atomic mass is 16.7. The number of pyridine rings is 1. The van der Waals surface area contributed by atoms with Crippen molar-refractivity contribution in [3.63, 3.8) is 0 Å². The lowest BCUT2D eigenvalue weighted by Crippen LogP contribution is -2.41. The van der Waals surface area contributed by atoms with Gasteiger partial charge in [0.15, 0.2) is 0 Å². The van der Waals surface area contributed by atoms with Gasteiger partial charge in [0.05, 0.1) is 35.4 Å². The van der Waals surface area contributed by atoms with Crippen molar-refractivity contribution >= 4 is 18.9 Å². The lowest BCUT2D eigenvalue weighted by molar-refractivity contribution is 0.00578. The molecular weight excluding hydrogens is 255 g/mol. The Morgan fingerprint density at radius 3 is 2.35 bits per heavy atom. The molecule has 0 spiro atoms. The fourth-order valence-corrected chi connectivity index (χ4v) is 1.87. The summed E-state index contributed by atoms with van der Waals surface area (Å²) >= 11 is 0. The first-order valence-corrected chi connectivity index (χ1v) is 6.64. The maximum atomic E-state index is 9.56. The van der Waals surface area contributed by atoms with Crippen LogP contribution in [0.3, 0.4) is 0 Å². The molecule has 0 saturated carbocycles. The fourth-order valence-electron chi connectivity index (χ4n) is 1.87. The second-order valence-corrected chi connectivity index (χ2v) is 5.98. The Morgan fingerprint density at radius 1 is 1.30 bits per heavy atom. The average molecular weight is 276 g/mol. The first kappa shape index (κ1) is 15.0. The molecule has 0 aromatic carbocycles. The number of hydrogen-bond donors (Lipinski definition) is 2. The molecule has 6 heteroatoms. The van der Waals surface area contributed by atoms with Crippen LogP contribution in [0, 0.1) is 0 Å². The average Bonchev–Trinajstić information content (AvgIpc) is 2.57. The summed E-state index contributed by atoms with van der Waals surface area (Å²) in [6, 6.07) is 3.55. The Hall–Kier alpha value is -1.37. The van der Waals surface area contributed by atoms with Gasteiger partial charge < -0.3 is 20.1 Å². The topological polar surface area (TPSA) is 77.6 Å². The van der Waals surface area contributed by atoms with E-state index in [0.717, 1.165) is 0 Å². The molecule has 108 valence electrons. The van der Waals surface area contributed by atoms with Crippen LogP contribution in [-0.4, -0.2) is 35.0 Å². The SMILES string of the molecule is CC1(C)OB(C(=Cc2ccc(N)cn2)CO)OC1(C)C. The number of anilines is 1. The Labute approximate surface area is 119 Å². The first-order chi connectivity index (χ1) is 9.25. The molecule has 0 aliphatic carbocycles. The third-order valence-corrected chi connectivity index (χ3v) is 3.88. The van der Waals surface area contributed by atoms with Crippen LogP contribution in [0.2, 0.25) is 0 Å². The molecular formula is C14H21BN2O3. The van der Waals surface area contributed by atoms with Gasteiger partial charge in [-0.25, -0.2) is 0 Å². The van der Waals surface area contributed by atoms with Gasteiger partial charge in [-0.05, 0) is 51.4 Å². The highest BCUT2D eigenvalue weighted by Crippen LogP contribution is 2.38. The van der Waals surface area contributed by atoms with Crippen molar-refractivity contribution in [2.24, 2.45) is 0 Å². The summed E-state index contributed by atoms with van der Waals surface area (Å²) in [6.45, 7) is 7.75. The molecule has 5 nitrogen and oxygen atoms in total. The number of nitrogens with two attached hydrogens (primary N) is 1. The Bertz CT molecular complexity index is 496. The minimum atomic E-state index is -0.565. The highest BCUT2D eigenvalue weighted by Gasteiger charge is 2.52. The summed E-state index contributed by atoms with van der Waals surface area (Å²) in [5, 5.41) is 9.56. The fraction of sp³-hybridized carbons (Fsp3) is 0.500. The van der Waals surface area contributed by atoms with E-state index in [1.54, 1.807) is 24.4 Å². The zero-order valence-corrected chi connectivity index (χ0v) is 12.4. The summed E-state index contributed by atoms with van der Waals surface area (Å²) < 4.78 is 11.8. The summed E-state index contributed by atoms with van der Waals surface area (Å²) in [7, 11) is -0.565. The summed E-state index contributed by atoms with van der Waals surface area (Å²) in [6.07, 6.45) is 3.34. The van der Waals surface area contributed by atoms with Crippen molar-refractivity contribution in [3.05, 3.63) is 29.5 Å². The number of nitrogens with zero attached hydrogens (tertiary/aromatic N) is 1. The second-order valence-electron chi connectivity index (χ2n) is 5.98. The molecule has 1 aromatic rings. The van der Waals surface area contributed by atoms with E-state index in [-0.39, 0.29) is 6.61 Å². The van der Waals surface area contributed by atoms with Crippen molar-refractivity contribution < 1.29 is 14.4 Å². The molecule has 0 atom stereocenters. The van der Waals surface area contributed by atoms with Crippen LogP contribution >= 0.6 is 0 Å². The van der Waals surface area contributed by atoms with Crippen molar-refractivity contribution in [1.29, 1.82) is 0 Å². The van der Waals surface area contributed by atoms with Gasteiger partial charge >= 0.3 is 7.12 Å². The van der Waals surface area contributed by atoms with E-state index in [0.29, 0.717) is 16.9 Å². The van der Waals surface area contributed by atoms with Crippen LogP contribution in [0.5, 0.6) is 0 Å². The van der Waals surface area contributed by atoms with Gasteiger partial charge in [-0.1, -0.05) is 0 Å². The summed E-state index contributed by atoms with van der Waals surface area (Å²) in [5.41, 5.74) is 6.69. The Balaban J connectivity index is 2.24. The molecule has 0 unspecified atom stereocenters.